The first-order valence-electron chi connectivity index (χ1n) is 5.62. The Balaban J connectivity index is 2.34. The second kappa shape index (κ2) is 4.33. The molecule has 0 saturated heterocycles. The first-order valence-corrected chi connectivity index (χ1v) is 5.62. The van der Waals surface area contributed by atoms with Crippen molar-refractivity contribution in [2.45, 2.75) is 31.4 Å². The largest absolute Gasteiger partial charge is 0.387 e. The summed E-state index contributed by atoms with van der Waals surface area (Å²) in [6, 6.07) is 8.52. The maximum atomic E-state index is 10.3. The highest BCUT2D eigenvalue weighted by Gasteiger charge is 2.26. The van der Waals surface area contributed by atoms with Crippen molar-refractivity contribution in [2.75, 3.05) is 14.1 Å². The van der Waals surface area contributed by atoms with Crippen molar-refractivity contribution in [3.63, 3.8) is 0 Å². The lowest BCUT2D eigenvalue weighted by atomic mass is 9.98. The molecule has 0 radical (unpaired) electrons. The molecule has 0 bridgehead atoms. The van der Waals surface area contributed by atoms with E-state index in [1.165, 1.54) is 5.56 Å². The number of hydrogen-bond donors (Lipinski definition) is 1. The lowest BCUT2D eigenvalue weighted by Gasteiger charge is -2.28. The summed E-state index contributed by atoms with van der Waals surface area (Å²) >= 11 is 0. The van der Waals surface area contributed by atoms with Crippen LogP contribution in [0.15, 0.2) is 24.3 Å². The van der Waals surface area contributed by atoms with Gasteiger partial charge in [0.05, 0.1) is 6.10 Å². The van der Waals surface area contributed by atoms with Crippen molar-refractivity contribution in [2.24, 2.45) is 0 Å². The fourth-order valence-electron chi connectivity index (χ4n) is 2.46. The molecule has 0 heterocycles. The van der Waals surface area contributed by atoms with Gasteiger partial charge >= 0.3 is 0 Å². The molecular weight excluding hydrogens is 186 g/mol. The number of fused-ring (bicyclic) bond motifs is 1. The average molecular weight is 205 g/mol. The lowest BCUT2D eigenvalue weighted by Crippen LogP contribution is -2.33. The van der Waals surface area contributed by atoms with Gasteiger partial charge in [-0.1, -0.05) is 24.3 Å². The molecule has 2 heteroatoms. The molecule has 2 nitrogen and oxygen atoms in total. The molecule has 0 aromatic heterocycles. The molecule has 1 aromatic rings. The van der Waals surface area contributed by atoms with Crippen LogP contribution in [0.1, 0.15) is 30.1 Å². The third-order valence-corrected chi connectivity index (χ3v) is 3.35. The first-order chi connectivity index (χ1) is 7.20. The van der Waals surface area contributed by atoms with E-state index in [9.17, 15) is 5.11 Å². The summed E-state index contributed by atoms with van der Waals surface area (Å²) in [7, 11) is 4.09. The molecule has 0 aliphatic heterocycles. The highest BCUT2D eigenvalue weighted by molar-refractivity contribution is 5.31. The van der Waals surface area contributed by atoms with E-state index in [0.717, 1.165) is 24.8 Å². The molecule has 1 N–H and O–H groups in total. The molecule has 2 atom stereocenters. The minimum Gasteiger partial charge on any atom is -0.387 e. The van der Waals surface area contributed by atoms with Crippen LogP contribution in [0.4, 0.5) is 0 Å². The minimum absolute atomic E-state index is 0.258. The summed E-state index contributed by atoms with van der Waals surface area (Å²) in [6.45, 7) is 0. The normalized spacial score (nSPS) is 26.1. The molecule has 15 heavy (non-hydrogen) atoms. The van der Waals surface area contributed by atoms with Crippen LogP contribution in [-0.4, -0.2) is 30.1 Å². The molecular formula is C13H19NO. The Morgan fingerprint density at radius 1 is 1.27 bits per heavy atom. The standard InChI is InChI=1S/C13H19NO/c1-14(2)12-9-5-7-10-6-3-4-8-11(10)13(12)15/h3-4,6,8,12-13,15H,5,7,9H2,1-2H3. The third-order valence-electron chi connectivity index (χ3n) is 3.35. The van der Waals surface area contributed by atoms with Gasteiger partial charge in [0.15, 0.2) is 0 Å². The molecule has 2 unspecified atom stereocenters. The Morgan fingerprint density at radius 2 is 2.00 bits per heavy atom. The van der Waals surface area contributed by atoms with E-state index in [1.807, 2.05) is 20.2 Å². The molecule has 0 fully saturated rings. The van der Waals surface area contributed by atoms with Crippen LogP contribution in [0.3, 0.4) is 0 Å². The van der Waals surface area contributed by atoms with Crippen molar-refractivity contribution < 1.29 is 5.11 Å². The van der Waals surface area contributed by atoms with Crippen molar-refractivity contribution >= 4 is 0 Å². The maximum absolute atomic E-state index is 10.3. The average Bonchev–Trinajstić information content (AvgIpc) is 2.39. The van der Waals surface area contributed by atoms with Crippen molar-refractivity contribution in [3.05, 3.63) is 35.4 Å². The number of benzene rings is 1. The molecule has 0 saturated carbocycles. The quantitative estimate of drug-likeness (QED) is 0.709. The topological polar surface area (TPSA) is 23.5 Å². The number of aliphatic hydroxyl groups is 1. The molecule has 0 spiro atoms. The van der Waals surface area contributed by atoms with E-state index < -0.39 is 0 Å². The summed E-state index contributed by atoms with van der Waals surface area (Å²) in [5.74, 6) is 0. The van der Waals surface area contributed by atoms with Crippen LogP contribution < -0.4 is 0 Å². The predicted molar refractivity (Wildman–Crippen MR) is 61.8 cm³/mol. The Labute approximate surface area is 91.5 Å². The van der Waals surface area contributed by atoms with Gasteiger partial charge in [-0.15, -0.1) is 0 Å². The Morgan fingerprint density at radius 3 is 2.73 bits per heavy atom. The summed E-state index contributed by atoms with van der Waals surface area (Å²) in [4.78, 5) is 2.13. The van der Waals surface area contributed by atoms with Gasteiger partial charge < -0.3 is 10.0 Å². The van der Waals surface area contributed by atoms with E-state index in [4.69, 9.17) is 0 Å². The lowest BCUT2D eigenvalue weighted by molar-refractivity contribution is 0.0726. The number of aryl methyl sites for hydroxylation is 1. The van der Waals surface area contributed by atoms with E-state index in [0.29, 0.717) is 0 Å². The Hall–Kier alpha value is -0.860. The van der Waals surface area contributed by atoms with Gasteiger partial charge in [-0.3, -0.25) is 0 Å². The van der Waals surface area contributed by atoms with Gasteiger partial charge in [0.1, 0.15) is 0 Å². The van der Waals surface area contributed by atoms with E-state index >= 15 is 0 Å². The van der Waals surface area contributed by atoms with Crippen LogP contribution >= 0.6 is 0 Å². The Kier molecular flexibility index (Phi) is 3.08. The monoisotopic (exact) mass is 205 g/mol. The van der Waals surface area contributed by atoms with Crippen LogP contribution in [0, 0.1) is 0 Å². The van der Waals surface area contributed by atoms with Gasteiger partial charge in [0, 0.05) is 6.04 Å². The summed E-state index contributed by atoms with van der Waals surface area (Å²) < 4.78 is 0. The molecule has 0 amide bonds. The second-order valence-corrected chi connectivity index (χ2v) is 4.57. The Bertz CT molecular complexity index is 335. The summed E-state index contributed by atoms with van der Waals surface area (Å²) in [5.41, 5.74) is 2.43. The van der Waals surface area contributed by atoms with Crippen molar-refractivity contribution in [3.8, 4) is 0 Å². The van der Waals surface area contributed by atoms with Gasteiger partial charge in [0.25, 0.3) is 0 Å². The minimum atomic E-state index is -0.335. The van der Waals surface area contributed by atoms with Crippen LogP contribution in [-0.2, 0) is 6.42 Å². The highest BCUT2D eigenvalue weighted by atomic mass is 16.3. The SMILES string of the molecule is CN(C)C1CCCc2ccccc2C1O. The smallest absolute Gasteiger partial charge is 0.0947 e. The van der Waals surface area contributed by atoms with E-state index in [1.54, 1.807) is 0 Å². The summed E-state index contributed by atoms with van der Waals surface area (Å²) in [6.07, 6.45) is 3.00. The number of likely N-dealkylation sites (N-methyl/N-ethyl adjacent to an activating group) is 1. The second-order valence-electron chi connectivity index (χ2n) is 4.57. The number of aliphatic hydroxyl groups excluding tert-OH is 1. The maximum Gasteiger partial charge on any atom is 0.0947 e. The fraction of sp³-hybridized carbons (Fsp3) is 0.538. The number of nitrogens with zero attached hydrogens (tertiary/aromatic N) is 1. The van der Waals surface area contributed by atoms with Crippen LogP contribution in [0.5, 0.6) is 0 Å². The highest BCUT2D eigenvalue weighted by Crippen LogP contribution is 2.30. The van der Waals surface area contributed by atoms with Crippen molar-refractivity contribution in [1.82, 2.24) is 4.90 Å². The summed E-state index contributed by atoms with van der Waals surface area (Å²) in [5, 5.41) is 10.3. The number of rotatable bonds is 1. The zero-order valence-corrected chi connectivity index (χ0v) is 9.48. The fourth-order valence-corrected chi connectivity index (χ4v) is 2.46. The first kappa shape index (κ1) is 10.7. The predicted octanol–water partition coefficient (Wildman–Crippen LogP) is 1.99. The molecule has 1 aliphatic rings. The molecule has 2 rings (SSSR count). The third kappa shape index (κ3) is 2.06. The van der Waals surface area contributed by atoms with Gasteiger partial charge in [-0.05, 0) is 44.5 Å². The van der Waals surface area contributed by atoms with Gasteiger partial charge in [-0.2, -0.15) is 0 Å². The molecule has 1 aromatic carbocycles. The van der Waals surface area contributed by atoms with Gasteiger partial charge in [-0.25, -0.2) is 0 Å². The van der Waals surface area contributed by atoms with E-state index in [-0.39, 0.29) is 12.1 Å². The molecule has 1 aliphatic carbocycles. The number of hydrogen-bond acceptors (Lipinski definition) is 2. The zero-order chi connectivity index (χ0) is 10.8. The van der Waals surface area contributed by atoms with E-state index in [2.05, 4.69) is 23.1 Å². The molecule has 82 valence electrons. The van der Waals surface area contributed by atoms with Crippen molar-refractivity contribution in [1.29, 1.82) is 0 Å². The van der Waals surface area contributed by atoms with Gasteiger partial charge in [0.2, 0.25) is 0 Å². The zero-order valence-electron chi connectivity index (χ0n) is 9.48. The van der Waals surface area contributed by atoms with Crippen LogP contribution in [0.25, 0.3) is 0 Å². The van der Waals surface area contributed by atoms with Crippen LogP contribution in [0.2, 0.25) is 0 Å².